The van der Waals surface area contributed by atoms with Gasteiger partial charge < -0.3 is 10.6 Å². The lowest BCUT2D eigenvalue weighted by Gasteiger charge is -2.35. The summed E-state index contributed by atoms with van der Waals surface area (Å²) in [5.74, 6) is 0.463. The Kier molecular flexibility index (Phi) is 5.33. The molecule has 0 amide bonds. The Balaban J connectivity index is 2.17. The van der Waals surface area contributed by atoms with E-state index in [4.69, 9.17) is 5.73 Å². The summed E-state index contributed by atoms with van der Waals surface area (Å²) in [6, 6.07) is 6.42. The Morgan fingerprint density at radius 1 is 1.48 bits per heavy atom. The van der Waals surface area contributed by atoms with Gasteiger partial charge >= 0.3 is 0 Å². The monoisotopic (exact) mass is 374 g/mol. The van der Waals surface area contributed by atoms with Crippen LogP contribution in [0, 0.1) is 0 Å². The third-order valence-electron chi connectivity index (χ3n) is 4.05. The lowest BCUT2D eigenvalue weighted by atomic mass is 10.0. The molecule has 2 rings (SSSR count). The standard InChI is InChI=1S/C15H23BrN2O2S/c1-3-13(17)8-12-4-5-14(9-15(12)16)18-6-7-21(19,20)10-11(18)2/h4-5,9,11,13H,3,6-8,10,17H2,1-2H3. The van der Waals surface area contributed by atoms with E-state index in [1.807, 2.05) is 6.92 Å². The van der Waals surface area contributed by atoms with E-state index in [0.29, 0.717) is 6.54 Å². The van der Waals surface area contributed by atoms with Crippen LogP contribution in [0.4, 0.5) is 5.69 Å². The average Bonchev–Trinajstić information content (AvgIpc) is 2.40. The lowest BCUT2D eigenvalue weighted by Crippen LogP contribution is -2.47. The molecule has 1 aliphatic rings. The smallest absolute Gasteiger partial charge is 0.154 e. The molecule has 0 spiro atoms. The van der Waals surface area contributed by atoms with Crippen LogP contribution in [0.5, 0.6) is 0 Å². The molecule has 1 aromatic carbocycles. The van der Waals surface area contributed by atoms with E-state index in [1.54, 1.807) is 0 Å². The Labute approximate surface area is 135 Å². The number of sulfone groups is 1. The van der Waals surface area contributed by atoms with Gasteiger partial charge in [-0.15, -0.1) is 0 Å². The Bertz CT molecular complexity index is 604. The van der Waals surface area contributed by atoms with Crippen LogP contribution in [0.15, 0.2) is 22.7 Å². The Morgan fingerprint density at radius 2 is 2.19 bits per heavy atom. The van der Waals surface area contributed by atoms with E-state index < -0.39 is 9.84 Å². The van der Waals surface area contributed by atoms with E-state index in [2.05, 4.69) is 46.0 Å². The molecule has 6 heteroatoms. The average molecular weight is 375 g/mol. The minimum Gasteiger partial charge on any atom is -0.367 e. The number of nitrogens with two attached hydrogens (primary N) is 1. The van der Waals surface area contributed by atoms with Gasteiger partial charge in [0.15, 0.2) is 9.84 Å². The number of anilines is 1. The molecule has 0 bridgehead atoms. The molecule has 0 aliphatic carbocycles. The second-order valence-electron chi connectivity index (χ2n) is 5.80. The van der Waals surface area contributed by atoms with Crippen LogP contribution >= 0.6 is 15.9 Å². The van der Waals surface area contributed by atoms with E-state index in [0.717, 1.165) is 23.0 Å². The van der Waals surface area contributed by atoms with Gasteiger partial charge in [0.05, 0.1) is 11.5 Å². The first kappa shape index (κ1) is 16.8. The van der Waals surface area contributed by atoms with Crippen LogP contribution in [0.25, 0.3) is 0 Å². The first-order valence-electron chi connectivity index (χ1n) is 7.33. The molecule has 1 aromatic rings. The fourth-order valence-corrected chi connectivity index (χ4v) is 4.77. The van der Waals surface area contributed by atoms with Crippen LogP contribution in [-0.4, -0.2) is 38.6 Å². The van der Waals surface area contributed by atoms with Crippen molar-refractivity contribution in [1.29, 1.82) is 0 Å². The highest BCUT2D eigenvalue weighted by atomic mass is 79.9. The minimum absolute atomic E-state index is 0.0133. The third-order valence-corrected chi connectivity index (χ3v) is 6.58. The third kappa shape index (κ3) is 4.20. The minimum atomic E-state index is -2.88. The summed E-state index contributed by atoms with van der Waals surface area (Å²) in [7, 11) is -2.88. The molecule has 4 nitrogen and oxygen atoms in total. The number of nitrogens with zero attached hydrogens (tertiary/aromatic N) is 1. The van der Waals surface area contributed by atoms with Crippen molar-refractivity contribution in [3.63, 3.8) is 0 Å². The highest BCUT2D eigenvalue weighted by Gasteiger charge is 2.28. The summed E-state index contributed by atoms with van der Waals surface area (Å²) in [5.41, 5.74) is 8.28. The molecule has 1 saturated heterocycles. The first-order chi connectivity index (χ1) is 9.82. The molecule has 1 fully saturated rings. The zero-order valence-corrected chi connectivity index (χ0v) is 15.0. The van der Waals surface area contributed by atoms with Crippen molar-refractivity contribution in [1.82, 2.24) is 0 Å². The molecule has 2 N–H and O–H groups in total. The van der Waals surface area contributed by atoms with Gasteiger partial charge in [0, 0.05) is 28.8 Å². The second-order valence-corrected chi connectivity index (χ2v) is 8.89. The topological polar surface area (TPSA) is 63.4 Å². The highest BCUT2D eigenvalue weighted by Crippen LogP contribution is 2.28. The van der Waals surface area contributed by atoms with Crippen molar-refractivity contribution in [2.45, 2.75) is 38.8 Å². The van der Waals surface area contributed by atoms with Gasteiger partial charge in [0.25, 0.3) is 0 Å². The SMILES string of the molecule is CCC(N)Cc1ccc(N2CCS(=O)(=O)CC2C)cc1Br. The lowest BCUT2D eigenvalue weighted by molar-refractivity contribution is 0.568. The maximum absolute atomic E-state index is 11.7. The predicted octanol–water partition coefficient (Wildman–Crippen LogP) is 2.35. The van der Waals surface area contributed by atoms with Crippen molar-refractivity contribution < 1.29 is 8.42 Å². The Hall–Kier alpha value is -0.590. The van der Waals surface area contributed by atoms with Crippen molar-refractivity contribution in [2.75, 3.05) is 23.0 Å². The summed E-state index contributed by atoms with van der Waals surface area (Å²) >= 11 is 3.61. The van der Waals surface area contributed by atoms with Crippen molar-refractivity contribution in [3.05, 3.63) is 28.2 Å². The van der Waals surface area contributed by atoms with Crippen LogP contribution < -0.4 is 10.6 Å². The van der Waals surface area contributed by atoms with Crippen LogP contribution in [0.1, 0.15) is 25.8 Å². The molecular weight excluding hydrogens is 352 g/mol. The second kappa shape index (κ2) is 6.67. The molecule has 118 valence electrons. The maximum Gasteiger partial charge on any atom is 0.154 e. The molecule has 21 heavy (non-hydrogen) atoms. The van der Waals surface area contributed by atoms with Gasteiger partial charge in [0.2, 0.25) is 0 Å². The molecule has 2 atom stereocenters. The molecule has 2 unspecified atom stereocenters. The summed E-state index contributed by atoms with van der Waals surface area (Å²) in [5, 5.41) is 0. The zero-order chi connectivity index (χ0) is 15.6. The summed E-state index contributed by atoms with van der Waals surface area (Å²) < 4.78 is 24.4. The normalized spacial score (nSPS) is 23.0. The van der Waals surface area contributed by atoms with Crippen molar-refractivity contribution in [3.8, 4) is 0 Å². The number of benzene rings is 1. The summed E-state index contributed by atoms with van der Waals surface area (Å²) in [4.78, 5) is 2.16. The largest absolute Gasteiger partial charge is 0.367 e. The van der Waals surface area contributed by atoms with Gasteiger partial charge in [-0.1, -0.05) is 28.9 Å². The maximum atomic E-state index is 11.7. The number of halogens is 1. The quantitative estimate of drug-likeness (QED) is 0.878. The van der Waals surface area contributed by atoms with Crippen LogP contribution in [-0.2, 0) is 16.3 Å². The molecule has 1 heterocycles. The summed E-state index contributed by atoms with van der Waals surface area (Å²) in [6.45, 7) is 4.61. The van der Waals surface area contributed by atoms with Crippen molar-refractivity contribution >= 4 is 31.5 Å². The zero-order valence-electron chi connectivity index (χ0n) is 12.5. The number of hydrogen-bond donors (Lipinski definition) is 1. The van der Waals surface area contributed by atoms with Gasteiger partial charge in [-0.2, -0.15) is 0 Å². The van der Waals surface area contributed by atoms with E-state index in [-0.39, 0.29) is 23.6 Å². The van der Waals surface area contributed by atoms with Crippen LogP contribution in [0.3, 0.4) is 0 Å². The van der Waals surface area contributed by atoms with Gasteiger partial charge in [-0.3, -0.25) is 0 Å². The molecule has 1 aliphatic heterocycles. The predicted molar refractivity (Wildman–Crippen MR) is 91.6 cm³/mol. The molecule has 0 saturated carbocycles. The summed E-state index contributed by atoms with van der Waals surface area (Å²) in [6.07, 6.45) is 1.80. The van der Waals surface area contributed by atoms with Crippen LogP contribution in [0.2, 0.25) is 0 Å². The fraction of sp³-hybridized carbons (Fsp3) is 0.600. The Morgan fingerprint density at radius 3 is 2.76 bits per heavy atom. The van der Waals surface area contributed by atoms with Gasteiger partial charge in [-0.05, 0) is 37.5 Å². The molecule has 0 aromatic heterocycles. The van der Waals surface area contributed by atoms with E-state index in [9.17, 15) is 8.42 Å². The van der Waals surface area contributed by atoms with Gasteiger partial charge in [0.1, 0.15) is 0 Å². The molecule has 0 radical (unpaired) electrons. The number of hydrogen-bond acceptors (Lipinski definition) is 4. The number of rotatable bonds is 4. The van der Waals surface area contributed by atoms with E-state index >= 15 is 0 Å². The van der Waals surface area contributed by atoms with Gasteiger partial charge in [-0.25, -0.2) is 8.42 Å². The van der Waals surface area contributed by atoms with E-state index in [1.165, 1.54) is 5.56 Å². The highest BCUT2D eigenvalue weighted by molar-refractivity contribution is 9.10. The molecular formula is C15H23BrN2O2S. The first-order valence-corrected chi connectivity index (χ1v) is 9.95. The van der Waals surface area contributed by atoms with Crippen molar-refractivity contribution in [2.24, 2.45) is 5.73 Å². The fourth-order valence-electron chi connectivity index (χ4n) is 2.69.